The highest BCUT2D eigenvalue weighted by Gasteiger charge is 2.18. The van der Waals surface area contributed by atoms with Gasteiger partial charge in [0.2, 0.25) is 0 Å². The van der Waals surface area contributed by atoms with Crippen molar-refractivity contribution in [3.8, 4) is 11.1 Å². The fourth-order valence-corrected chi connectivity index (χ4v) is 2.02. The number of carboxylic acids is 1. The number of aromatic carboxylic acids is 1. The molecule has 2 rings (SSSR count). The van der Waals surface area contributed by atoms with Crippen LogP contribution >= 0.6 is 0 Å². The maximum absolute atomic E-state index is 11.1. The van der Waals surface area contributed by atoms with Crippen LogP contribution in [-0.2, 0) is 0 Å². The van der Waals surface area contributed by atoms with Crippen LogP contribution in [0.15, 0.2) is 24.3 Å². The van der Waals surface area contributed by atoms with E-state index in [1.54, 1.807) is 0 Å². The molecule has 4 N–H and O–H groups in total. The summed E-state index contributed by atoms with van der Waals surface area (Å²) in [6.07, 6.45) is 1.06. The molecule has 0 aliphatic carbocycles. The third-order valence-electron chi connectivity index (χ3n) is 3.39. The second-order valence-corrected chi connectivity index (χ2v) is 4.60. The zero-order chi connectivity index (χ0) is 14.0. The van der Waals surface area contributed by atoms with E-state index in [9.17, 15) is 4.79 Å². The second kappa shape index (κ2) is 5.14. The number of nitrogen functional groups attached to an aromatic ring is 1. The third kappa shape index (κ3) is 2.45. The van der Waals surface area contributed by atoms with Crippen molar-refractivity contribution in [1.82, 2.24) is 10.2 Å². The van der Waals surface area contributed by atoms with Gasteiger partial charge in [0.15, 0.2) is 11.5 Å². The molecule has 1 unspecified atom stereocenters. The summed E-state index contributed by atoms with van der Waals surface area (Å²) >= 11 is 0. The molecule has 1 heterocycles. The van der Waals surface area contributed by atoms with Gasteiger partial charge in [-0.05, 0) is 23.5 Å². The molecule has 0 saturated heterocycles. The van der Waals surface area contributed by atoms with E-state index in [-0.39, 0.29) is 11.5 Å². The summed E-state index contributed by atoms with van der Waals surface area (Å²) in [5.74, 6) is -0.381. The minimum atomic E-state index is -1.06. The number of carboxylic acid groups (broad SMARTS) is 1. The number of nitrogens with one attached hydrogen (secondary N) is 1. The minimum Gasteiger partial charge on any atom is -0.477 e. The summed E-state index contributed by atoms with van der Waals surface area (Å²) in [5, 5.41) is 15.3. The topological polar surface area (TPSA) is 92.0 Å². The highest BCUT2D eigenvalue weighted by atomic mass is 16.4. The summed E-state index contributed by atoms with van der Waals surface area (Å²) in [6, 6.07) is 7.77. The van der Waals surface area contributed by atoms with Gasteiger partial charge in [0.25, 0.3) is 0 Å². The molecule has 1 aromatic carbocycles. The molecule has 1 atom stereocenters. The number of aromatic nitrogens is 2. The Balaban J connectivity index is 2.43. The van der Waals surface area contributed by atoms with Crippen LogP contribution in [0.1, 0.15) is 42.2 Å². The molecule has 0 spiro atoms. The fraction of sp³-hybridized carbons (Fsp3) is 0.286. The largest absolute Gasteiger partial charge is 0.477 e. The Morgan fingerprint density at radius 2 is 2.05 bits per heavy atom. The molecule has 0 aliphatic rings. The van der Waals surface area contributed by atoms with Crippen molar-refractivity contribution in [1.29, 1.82) is 0 Å². The van der Waals surface area contributed by atoms with Gasteiger partial charge in [-0.2, -0.15) is 5.10 Å². The zero-order valence-electron chi connectivity index (χ0n) is 11.0. The van der Waals surface area contributed by atoms with Crippen molar-refractivity contribution in [2.45, 2.75) is 26.2 Å². The Hall–Kier alpha value is -2.30. The molecule has 1 aromatic heterocycles. The van der Waals surface area contributed by atoms with Gasteiger partial charge >= 0.3 is 5.97 Å². The van der Waals surface area contributed by atoms with Gasteiger partial charge in [-0.25, -0.2) is 4.79 Å². The average Bonchev–Trinajstić information content (AvgIpc) is 2.80. The van der Waals surface area contributed by atoms with Crippen LogP contribution in [0.5, 0.6) is 0 Å². The number of nitrogens with zero attached hydrogens (tertiary/aromatic N) is 1. The van der Waals surface area contributed by atoms with E-state index < -0.39 is 5.97 Å². The smallest absolute Gasteiger partial charge is 0.354 e. The molecule has 0 bridgehead atoms. The Morgan fingerprint density at radius 3 is 2.58 bits per heavy atom. The number of rotatable bonds is 4. The SMILES string of the molecule is CCC(C)c1ccc(-c2c(N)n[nH]c2C(=O)O)cc1. The first kappa shape index (κ1) is 13.1. The summed E-state index contributed by atoms with van der Waals surface area (Å²) in [5.41, 5.74) is 8.19. The number of benzene rings is 1. The van der Waals surface area contributed by atoms with E-state index in [2.05, 4.69) is 24.0 Å². The van der Waals surface area contributed by atoms with Crippen LogP contribution in [0.4, 0.5) is 5.82 Å². The Labute approximate surface area is 111 Å². The highest BCUT2D eigenvalue weighted by molar-refractivity contribution is 5.97. The molecule has 0 fully saturated rings. The Morgan fingerprint density at radius 1 is 1.42 bits per heavy atom. The summed E-state index contributed by atoms with van der Waals surface area (Å²) in [4.78, 5) is 11.1. The molecule has 0 aliphatic heterocycles. The predicted octanol–water partition coefficient (Wildman–Crippen LogP) is 2.87. The molecular formula is C14H17N3O2. The van der Waals surface area contributed by atoms with Crippen molar-refractivity contribution in [2.24, 2.45) is 0 Å². The minimum absolute atomic E-state index is 0.0220. The number of carbonyl (C=O) groups is 1. The number of hydrogen-bond donors (Lipinski definition) is 3. The van der Waals surface area contributed by atoms with Gasteiger partial charge in [0.05, 0.1) is 5.56 Å². The monoisotopic (exact) mass is 259 g/mol. The van der Waals surface area contributed by atoms with Crippen molar-refractivity contribution in [3.05, 3.63) is 35.5 Å². The van der Waals surface area contributed by atoms with E-state index in [1.807, 2.05) is 24.3 Å². The number of hydrogen-bond acceptors (Lipinski definition) is 3. The Bertz CT molecular complexity index is 587. The first-order chi connectivity index (χ1) is 9.04. The first-order valence-electron chi connectivity index (χ1n) is 6.22. The molecular weight excluding hydrogens is 242 g/mol. The standard InChI is InChI=1S/C14H17N3O2/c1-3-8(2)9-4-6-10(7-5-9)11-12(14(18)19)16-17-13(11)15/h4-8H,3H2,1-2H3,(H,18,19)(H3,15,16,17). The van der Waals surface area contributed by atoms with Crippen LogP contribution in [-0.4, -0.2) is 21.3 Å². The molecule has 5 heteroatoms. The van der Waals surface area contributed by atoms with E-state index >= 15 is 0 Å². The summed E-state index contributed by atoms with van der Waals surface area (Å²) in [6.45, 7) is 4.29. The first-order valence-corrected chi connectivity index (χ1v) is 6.22. The summed E-state index contributed by atoms with van der Waals surface area (Å²) in [7, 11) is 0. The number of anilines is 1. The quantitative estimate of drug-likeness (QED) is 0.787. The molecule has 2 aromatic rings. The lowest BCUT2D eigenvalue weighted by molar-refractivity contribution is 0.0691. The maximum atomic E-state index is 11.1. The zero-order valence-corrected chi connectivity index (χ0v) is 11.0. The molecule has 0 radical (unpaired) electrons. The molecule has 19 heavy (non-hydrogen) atoms. The lowest BCUT2D eigenvalue weighted by Crippen LogP contribution is -2.00. The normalized spacial score (nSPS) is 12.3. The van der Waals surface area contributed by atoms with Crippen LogP contribution in [0.3, 0.4) is 0 Å². The lowest BCUT2D eigenvalue weighted by atomic mass is 9.96. The van der Waals surface area contributed by atoms with Gasteiger partial charge in [0.1, 0.15) is 0 Å². The van der Waals surface area contributed by atoms with Crippen LogP contribution in [0.25, 0.3) is 11.1 Å². The molecule has 100 valence electrons. The van der Waals surface area contributed by atoms with Crippen molar-refractivity contribution < 1.29 is 9.90 Å². The number of aromatic amines is 1. The molecule has 5 nitrogen and oxygen atoms in total. The molecule has 0 saturated carbocycles. The third-order valence-corrected chi connectivity index (χ3v) is 3.39. The van der Waals surface area contributed by atoms with Gasteiger partial charge in [-0.3, -0.25) is 5.10 Å². The van der Waals surface area contributed by atoms with E-state index in [0.29, 0.717) is 11.5 Å². The Kier molecular flexibility index (Phi) is 3.55. The average molecular weight is 259 g/mol. The van der Waals surface area contributed by atoms with Gasteiger partial charge in [-0.1, -0.05) is 38.1 Å². The highest BCUT2D eigenvalue weighted by Crippen LogP contribution is 2.29. The number of nitrogens with two attached hydrogens (primary N) is 1. The van der Waals surface area contributed by atoms with Gasteiger partial charge in [0, 0.05) is 0 Å². The van der Waals surface area contributed by atoms with Crippen LogP contribution < -0.4 is 5.73 Å². The van der Waals surface area contributed by atoms with E-state index in [0.717, 1.165) is 12.0 Å². The van der Waals surface area contributed by atoms with Crippen molar-refractivity contribution >= 4 is 11.8 Å². The van der Waals surface area contributed by atoms with E-state index in [4.69, 9.17) is 10.8 Å². The predicted molar refractivity (Wildman–Crippen MR) is 74.1 cm³/mol. The molecule has 0 amide bonds. The fourth-order valence-electron chi connectivity index (χ4n) is 2.02. The van der Waals surface area contributed by atoms with Gasteiger partial charge in [-0.15, -0.1) is 0 Å². The van der Waals surface area contributed by atoms with Crippen molar-refractivity contribution in [3.63, 3.8) is 0 Å². The summed E-state index contributed by atoms with van der Waals surface area (Å²) < 4.78 is 0. The lowest BCUT2D eigenvalue weighted by Gasteiger charge is -2.09. The van der Waals surface area contributed by atoms with E-state index in [1.165, 1.54) is 5.56 Å². The van der Waals surface area contributed by atoms with Crippen LogP contribution in [0.2, 0.25) is 0 Å². The van der Waals surface area contributed by atoms with Crippen molar-refractivity contribution in [2.75, 3.05) is 5.73 Å². The second-order valence-electron chi connectivity index (χ2n) is 4.60. The number of H-pyrrole nitrogens is 1. The van der Waals surface area contributed by atoms with Gasteiger partial charge < -0.3 is 10.8 Å². The van der Waals surface area contributed by atoms with Crippen LogP contribution in [0, 0.1) is 0 Å². The maximum Gasteiger partial charge on any atom is 0.354 e.